The van der Waals surface area contributed by atoms with E-state index < -0.39 is 16.1 Å². The predicted octanol–water partition coefficient (Wildman–Crippen LogP) is 0.985. The Bertz CT molecular complexity index is 735. The van der Waals surface area contributed by atoms with E-state index in [1.54, 1.807) is 0 Å². The normalized spacial score (nSPS) is 25.7. The first-order chi connectivity index (χ1) is 12.3. The van der Waals surface area contributed by atoms with Crippen molar-refractivity contribution < 1.29 is 23.1 Å². The van der Waals surface area contributed by atoms with Crippen molar-refractivity contribution in [1.29, 1.82) is 0 Å². The monoisotopic (exact) mass is 382 g/mol. The van der Waals surface area contributed by atoms with Gasteiger partial charge in [-0.2, -0.15) is 4.31 Å². The summed E-state index contributed by atoms with van der Waals surface area (Å²) < 4.78 is 32.6. The van der Waals surface area contributed by atoms with Crippen molar-refractivity contribution in [2.24, 2.45) is 5.92 Å². The Balaban J connectivity index is 1.65. The SMILES string of the molecule is CC1CN(S(=O)(=O)c2ccc(C(=O)NCC(O)C3CC3)cc2)CC(C)O1. The van der Waals surface area contributed by atoms with E-state index in [1.807, 2.05) is 13.8 Å². The van der Waals surface area contributed by atoms with Gasteiger partial charge in [0.2, 0.25) is 10.0 Å². The maximum absolute atomic E-state index is 12.8. The van der Waals surface area contributed by atoms with E-state index in [1.165, 1.54) is 28.6 Å². The van der Waals surface area contributed by atoms with Gasteiger partial charge in [0.05, 0.1) is 23.2 Å². The van der Waals surface area contributed by atoms with Crippen molar-refractivity contribution in [2.75, 3.05) is 19.6 Å². The highest BCUT2D eigenvalue weighted by Gasteiger charge is 2.32. The first-order valence-electron chi connectivity index (χ1n) is 8.99. The molecule has 0 radical (unpaired) electrons. The Kier molecular flexibility index (Phi) is 5.67. The number of aliphatic hydroxyl groups is 1. The standard InChI is InChI=1S/C18H26N2O5S/c1-12-10-20(11-13(2)25-12)26(23,24)16-7-5-15(6-8-16)18(22)19-9-17(21)14-3-4-14/h5-8,12-14,17,21H,3-4,9-11H2,1-2H3,(H,19,22). The highest BCUT2D eigenvalue weighted by molar-refractivity contribution is 7.89. The van der Waals surface area contributed by atoms with Crippen molar-refractivity contribution in [3.63, 3.8) is 0 Å². The number of aliphatic hydroxyl groups excluding tert-OH is 1. The molecule has 1 amide bonds. The second-order valence-electron chi connectivity index (χ2n) is 7.22. The van der Waals surface area contributed by atoms with Crippen LogP contribution in [-0.4, -0.2) is 61.7 Å². The summed E-state index contributed by atoms with van der Waals surface area (Å²) in [5, 5.41) is 12.5. The van der Waals surface area contributed by atoms with E-state index in [0.29, 0.717) is 24.6 Å². The molecule has 1 saturated heterocycles. The molecule has 1 aromatic carbocycles. The summed E-state index contributed by atoms with van der Waals surface area (Å²) in [6.07, 6.45) is 1.18. The van der Waals surface area contributed by atoms with Crippen molar-refractivity contribution in [3.8, 4) is 0 Å². The summed E-state index contributed by atoms with van der Waals surface area (Å²) in [6, 6.07) is 5.90. The van der Waals surface area contributed by atoms with Crippen molar-refractivity contribution in [3.05, 3.63) is 29.8 Å². The van der Waals surface area contributed by atoms with E-state index in [2.05, 4.69) is 5.32 Å². The molecule has 1 aliphatic heterocycles. The van der Waals surface area contributed by atoms with E-state index >= 15 is 0 Å². The minimum absolute atomic E-state index is 0.156. The average molecular weight is 382 g/mol. The molecule has 2 fully saturated rings. The number of ether oxygens (including phenoxy) is 1. The lowest BCUT2D eigenvalue weighted by Crippen LogP contribution is -2.48. The van der Waals surface area contributed by atoms with Crippen LogP contribution in [0.25, 0.3) is 0 Å². The first kappa shape index (κ1) is 19.3. The third-order valence-corrected chi connectivity index (χ3v) is 6.62. The topological polar surface area (TPSA) is 95.9 Å². The summed E-state index contributed by atoms with van der Waals surface area (Å²) in [5.74, 6) is -0.0246. The molecule has 144 valence electrons. The molecule has 3 rings (SSSR count). The van der Waals surface area contributed by atoms with Gasteiger partial charge < -0.3 is 15.2 Å². The molecule has 1 saturated carbocycles. The fourth-order valence-electron chi connectivity index (χ4n) is 3.20. The molecule has 7 nitrogen and oxygen atoms in total. The van der Waals surface area contributed by atoms with E-state index in [-0.39, 0.29) is 29.6 Å². The second-order valence-corrected chi connectivity index (χ2v) is 9.16. The zero-order valence-corrected chi connectivity index (χ0v) is 15.9. The number of benzene rings is 1. The fraction of sp³-hybridized carbons (Fsp3) is 0.611. The summed E-state index contributed by atoms with van der Waals surface area (Å²) in [6.45, 7) is 4.54. The van der Waals surface area contributed by atoms with Gasteiger partial charge >= 0.3 is 0 Å². The molecule has 0 spiro atoms. The molecule has 3 unspecified atom stereocenters. The van der Waals surface area contributed by atoms with Gasteiger partial charge in [0.15, 0.2) is 0 Å². The number of morpholine rings is 1. The van der Waals surface area contributed by atoms with Crippen LogP contribution in [-0.2, 0) is 14.8 Å². The Labute approximate surface area is 154 Å². The number of nitrogens with one attached hydrogen (secondary N) is 1. The molecular weight excluding hydrogens is 356 g/mol. The van der Waals surface area contributed by atoms with Crippen LogP contribution >= 0.6 is 0 Å². The molecular formula is C18H26N2O5S. The van der Waals surface area contributed by atoms with Crippen molar-refractivity contribution >= 4 is 15.9 Å². The average Bonchev–Trinajstić information content (AvgIpc) is 3.43. The maximum Gasteiger partial charge on any atom is 0.251 e. The molecule has 8 heteroatoms. The Morgan fingerprint density at radius 1 is 1.23 bits per heavy atom. The Morgan fingerprint density at radius 3 is 2.35 bits per heavy atom. The van der Waals surface area contributed by atoms with Gasteiger partial charge in [-0.1, -0.05) is 0 Å². The Morgan fingerprint density at radius 2 is 1.81 bits per heavy atom. The maximum atomic E-state index is 12.8. The Hall–Kier alpha value is -1.48. The number of nitrogens with zero attached hydrogens (tertiary/aromatic N) is 1. The molecule has 26 heavy (non-hydrogen) atoms. The van der Waals surface area contributed by atoms with Crippen LogP contribution in [0.3, 0.4) is 0 Å². The van der Waals surface area contributed by atoms with E-state index in [4.69, 9.17) is 4.74 Å². The summed E-state index contributed by atoms with van der Waals surface area (Å²) in [7, 11) is -3.62. The van der Waals surface area contributed by atoms with Gasteiger partial charge in [-0.15, -0.1) is 0 Å². The minimum atomic E-state index is -3.62. The number of carbonyl (C=O) groups is 1. The molecule has 3 atom stereocenters. The van der Waals surface area contributed by atoms with E-state index in [9.17, 15) is 18.3 Å². The van der Waals surface area contributed by atoms with Gasteiger partial charge in [0.1, 0.15) is 0 Å². The molecule has 1 aliphatic carbocycles. The van der Waals surface area contributed by atoms with Gasteiger partial charge in [-0.05, 0) is 56.9 Å². The summed E-state index contributed by atoms with van der Waals surface area (Å²) >= 11 is 0. The lowest BCUT2D eigenvalue weighted by molar-refractivity contribution is -0.0440. The zero-order valence-electron chi connectivity index (χ0n) is 15.1. The molecule has 2 N–H and O–H groups in total. The second kappa shape index (κ2) is 7.64. The number of sulfonamides is 1. The number of rotatable bonds is 6. The van der Waals surface area contributed by atoms with Gasteiger partial charge in [0.25, 0.3) is 5.91 Å². The summed E-state index contributed by atoms with van der Waals surface area (Å²) in [5.41, 5.74) is 0.371. The molecule has 1 aromatic rings. The predicted molar refractivity (Wildman–Crippen MR) is 96.3 cm³/mol. The van der Waals surface area contributed by atoms with Crippen LogP contribution in [0.2, 0.25) is 0 Å². The molecule has 1 heterocycles. The van der Waals surface area contributed by atoms with Gasteiger partial charge in [0, 0.05) is 25.2 Å². The van der Waals surface area contributed by atoms with Crippen molar-refractivity contribution in [2.45, 2.75) is 49.9 Å². The highest BCUT2D eigenvalue weighted by Crippen LogP contribution is 2.32. The molecule has 2 aliphatic rings. The number of hydrogen-bond donors (Lipinski definition) is 2. The minimum Gasteiger partial charge on any atom is -0.391 e. The first-order valence-corrected chi connectivity index (χ1v) is 10.4. The number of hydrogen-bond acceptors (Lipinski definition) is 5. The van der Waals surface area contributed by atoms with Gasteiger partial charge in [-0.25, -0.2) is 8.42 Å². The number of carbonyl (C=O) groups excluding carboxylic acids is 1. The third-order valence-electron chi connectivity index (χ3n) is 4.78. The molecule has 0 bridgehead atoms. The number of amides is 1. The summed E-state index contributed by atoms with van der Waals surface area (Å²) in [4.78, 5) is 12.3. The fourth-order valence-corrected chi connectivity index (χ4v) is 4.79. The van der Waals surface area contributed by atoms with Crippen LogP contribution in [0.4, 0.5) is 0 Å². The highest BCUT2D eigenvalue weighted by atomic mass is 32.2. The van der Waals surface area contributed by atoms with Gasteiger partial charge in [-0.3, -0.25) is 4.79 Å². The van der Waals surface area contributed by atoms with Crippen molar-refractivity contribution in [1.82, 2.24) is 9.62 Å². The van der Waals surface area contributed by atoms with Crippen LogP contribution in [0.5, 0.6) is 0 Å². The smallest absolute Gasteiger partial charge is 0.251 e. The van der Waals surface area contributed by atoms with Crippen LogP contribution in [0.1, 0.15) is 37.0 Å². The van der Waals surface area contributed by atoms with Crippen LogP contribution < -0.4 is 5.32 Å². The lowest BCUT2D eigenvalue weighted by atomic mass is 10.2. The molecule has 0 aromatic heterocycles. The zero-order chi connectivity index (χ0) is 18.9. The largest absolute Gasteiger partial charge is 0.391 e. The van der Waals surface area contributed by atoms with Crippen LogP contribution in [0, 0.1) is 5.92 Å². The quantitative estimate of drug-likeness (QED) is 0.765. The van der Waals surface area contributed by atoms with Crippen LogP contribution in [0.15, 0.2) is 29.2 Å². The lowest BCUT2D eigenvalue weighted by Gasteiger charge is -2.34. The van der Waals surface area contributed by atoms with E-state index in [0.717, 1.165) is 12.8 Å². The third kappa shape index (κ3) is 4.43.